The van der Waals surface area contributed by atoms with Crippen LogP contribution in [0.2, 0.25) is 0 Å². The lowest BCUT2D eigenvalue weighted by Crippen LogP contribution is -2.48. The molecule has 0 unspecified atom stereocenters. The van der Waals surface area contributed by atoms with E-state index in [0.29, 0.717) is 12.3 Å². The fraction of sp³-hybridized carbons (Fsp3) is 0.174. The number of thioether (sulfide) groups is 1. The Balaban J connectivity index is 1.33. The summed E-state index contributed by atoms with van der Waals surface area (Å²) >= 11 is 1.53. The van der Waals surface area contributed by atoms with Gasteiger partial charge in [-0.15, -0.1) is 16.9 Å². The molecule has 2 amide bonds. The molecule has 0 radical (unpaired) electrons. The number of carbonyl (C=O) groups excluding carboxylic acids is 2. The van der Waals surface area contributed by atoms with Crippen molar-refractivity contribution in [1.29, 1.82) is 0 Å². The first-order valence-electron chi connectivity index (χ1n) is 10.1. The third-order valence-electron chi connectivity index (χ3n) is 5.32. The molecule has 4 aromatic rings. The molecule has 5 rings (SSSR count). The molecule has 1 atom stereocenters. The number of likely N-dealkylation sites (N-methyl/N-ethyl adjacent to an activating group) is 1. The molecule has 0 saturated heterocycles. The van der Waals surface area contributed by atoms with Crippen molar-refractivity contribution in [3.05, 3.63) is 78.5 Å². The second-order valence-corrected chi connectivity index (χ2v) is 8.53. The van der Waals surface area contributed by atoms with E-state index >= 15 is 0 Å². The molecule has 0 bridgehead atoms. The minimum atomic E-state index is -0.697. The van der Waals surface area contributed by atoms with Gasteiger partial charge in [-0.2, -0.15) is 0 Å². The van der Waals surface area contributed by atoms with Crippen LogP contribution in [0, 0.1) is 0 Å². The Hall–Kier alpha value is -3.72. The Morgan fingerprint density at radius 3 is 2.81 bits per heavy atom. The summed E-state index contributed by atoms with van der Waals surface area (Å²) in [5, 5.41) is 7.99. The summed E-state index contributed by atoms with van der Waals surface area (Å²) in [5.41, 5.74) is 2.69. The highest BCUT2D eigenvalue weighted by molar-refractivity contribution is 7.99. The van der Waals surface area contributed by atoms with Gasteiger partial charge in [-0.05, 0) is 29.8 Å². The molecule has 2 aromatic heterocycles. The summed E-state index contributed by atoms with van der Waals surface area (Å²) in [6, 6.07) is 16.8. The standard InChI is InChI=1S/C23H20N6O2S/c1-28-20-16-8-5-11-24-17(16)9-10-19(20)32-13-18(23(28)31)26-22(30)21-25-14-29(27-21)12-15-6-3-2-4-7-15/h2-11,14,18H,12-13H2,1H3,(H,26,30)/t18-/m0/s1. The van der Waals surface area contributed by atoms with Crippen molar-refractivity contribution >= 4 is 40.2 Å². The summed E-state index contributed by atoms with van der Waals surface area (Å²) < 4.78 is 1.61. The number of hydrogen-bond donors (Lipinski definition) is 1. The highest BCUT2D eigenvalue weighted by Gasteiger charge is 2.31. The van der Waals surface area contributed by atoms with Gasteiger partial charge in [-0.1, -0.05) is 30.3 Å². The molecule has 1 aliphatic heterocycles. The average molecular weight is 445 g/mol. The van der Waals surface area contributed by atoms with E-state index in [4.69, 9.17) is 0 Å². The van der Waals surface area contributed by atoms with Gasteiger partial charge in [0.2, 0.25) is 11.7 Å². The van der Waals surface area contributed by atoms with Gasteiger partial charge in [-0.25, -0.2) is 9.67 Å². The van der Waals surface area contributed by atoms with Crippen molar-refractivity contribution in [1.82, 2.24) is 25.1 Å². The quantitative estimate of drug-likeness (QED) is 0.520. The number of nitrogens with one attached hydrogen (secondary N) is 1. The van der Waals surface area contributed by atoms with Crippen LogP contribution >= 0.6 is 11.8 Å². The minimum Gasteiger partial charge on any atom is -0.337 e. The summed E-state index contributed by atoms with van der Waals surface area (Å²) in [4.78, 5) is 37.1. The van der Waals surface area contributed by atoms with Crippen molar-refractivity contribution in [2.24, 2.45) is 0 Å². The smallest absolute Gasteiger partial charge is 0.291 e. The first-order chi connectivity index (χ1) is 15.6. The van der Waals surface area contributed by atoms with Gasteiger partial charge in [0.1, 0.15) is 12.4 Å². The van der Waals surface area contributed by atoms with Crippen LogP contribution in [0.1, 0.15) is 16.2 Å². The van der Waals surface area contributed by atoms with Crippen LogP contribution in [-0.2, 0) is 11.3 Å². The number of anilines is 1. The monoisotopic (exact) mass is 444 g/mol. The SMILES string of the molecule is CN1C(=O)[C@@H](NC(=O)c2ncn(Cc3ccccc3)n2)CSc2ccc3ncccc3c21. The number of nitrogens with zero attached hydrogens (tertiary/aromatic N) is 5. The zero-order valence-electron chi connectivity index (χ0n) is 17.3. The van der Waals surface area contributed by atoms with Gasteiger partial charge in [0, 0.05) is 29.3 Å². The Kier molecular flexibility index (Phi) is 5.32. The molecule has 1 N–H and O–H groups in total. The van der Waals surface area contributed by atoms with E-state index in [0.717, 1.165) is 27.0 Å². The fourth-order valence-electron chi connectivity index (χ4n) is 3.74. The van der Waals surface area contributed by atoms with E-state index in [1.54, 1.807) is 22.8 Å². The third-order valence-corrected chi connectivity index (χ3v) is 6.46. The van der Waals surface area contributed by atoms with Crippen LogP contribution < -0.4 is 10.2 Å². The van der Waals surface area contributed by atoms with E-state index in [-0.39, 0.29) is 11.7 Å². The summed E-state index contributed by atoms with van der Waals surface area (Å²) in [7, 11) is 1.73. The Bertz CT molecular complexity index is 1310. The minimum absolute atomic E-state index is 0.0396. The van der Waals surface area contributed by atoms with E-state index in [1.165, 1.54) is 18.1 Å². The van der Waals surface area contributed by atoms with E-state index in [1.807, 2.05) is 54.6 Å². The molecule has 2 aromatic carbocycles. The summed E-state index contributed by atoms with van der Waals surface area (Å²) in [6.45, 7) is 0.512. The first kappa shape index (κ1) is 20.2. The fourth-order valence-corrected chi connectivity index (χ4v) is 4.86. The number of hydrogen-bond acceptors (Lipinski definition) is 6. The van der Waals surface area contributed by atoms with Gasteiger partial charge in [0.25, 0.3) is 5.91 Å². The number of amides is 2. The zero-order valence-corrected chi connectivity index (χ0v) is 18.1. The molecular weight excluding hydrogens is 424 g/mol. The molecule has 0 aliphatic carbocycles. The van der Waals surface area contributed by atoms with Crippen LogP contribution in [0.5, 0.6) is 0 Å². The van der Waals surface area contributed by atoms with Crippen molar-refractivity contribution in [2.75, 3.05) is 17.7 Å². The van der Waals surface area contributed by atoms with E-state index in [2.05, 4.69) is 20.4 Å². The molecule has 0 spiro atoms. The van der Waals surface area contributed by atoms with Gasteiger partial charge in [0.05, 0.1) is 17.7 Å². The number of benzene rings is 2. The second kappa shape index (κ2) is 8.43. The molecule has 0 saturated carbocycles. The van der Waals surface area contributed by atoms with Crippen molar-refractivity contribution in [3.63, 3.8) is 0 Å². The maximum atomic E-state index is 13.2. The van der Waals surface area contributed by atoms with E-state index in [9.17, 15) is 9.59 Å². The maximum Gasteiger partial charge on any atom is 0.291 e. The largest absolute Gasteiger partial charge is 0.337 e. The van der Waals surface area contributed by atoms with Crippen LogP contribution in [0.3, 0.4) is 0 Å². The second-order valence-electron chi connectivity index (χ2n) is 7.47. The lowest BCUT2D eigenvalue weighted by Gasteiger charge is -2.22. The number of pyridine rings is 1. The molecule has 0 fully saturated rings. The molecule has 3 heterocycles. The van der Waals surface area contributed by atoms with Crippen molar-refractivity contribution in [2.45, 2.75) is 17.5 Å². The highest BCUT2D eigenvalue weighted by Crippen LogP contribution is 2.38. The van der Waals surface area contributed by atoms with Crippen LogP contribution in [0.4, 0.5) is 5.69 Å². The van der Waals surface area contributed by atoms with Gasteiger partial charge >= 0.3 is 0 Å². The predicted octanol–water partition coefficient (Wildman–Crippen LogP) is 2.74. The number of aromatic nitrogens is 4. The highest BCUT2D eigenvalue weighted by atomic mass is 32.2. The maximum absolute atomic E-state index is 13.2. The topological polar surface area (TPSA) is 93.0 Å². The Morgan fingerprint density at radius 1 is 1.12 bits per heavy atom. The Labute approximate surface area is 188 Å². The van der Waals surface area contributed by atoms with Crippen molar-refractivity contribution < 1.29 is 9.59 Å². The molecular formula is C23H20N6O2S. The summed E-state index contributed by atoms with van der Waals surface area (Å²) in [6.07, 6.45) is 3.25. The molecule has 9 heteroatoms. The number of carbonyl (C=O) groups is 2. The molecule has 1 aliphatic rings. The normalized spacial score (nSPS) is 16.0. The van der Waals surface area contributed by atoms with Crippen LogP contribution in [0.25, 0.3) is 10.9 Å². The van der Waals surface area contributed by atoms with E-state index < -0.39 is 11.9 Å². The van der Waals surface area contributed by atoms with Gasteiger partial charge in [-0.3, -0.25) is 14.6 Å². The third kappa shape index (κ3) is 3.82. The van der Waals surface area contributed by atoms with Gasteiger partial charge < -0.3 is 10.2 Å². The van der Waals surface area contributed by atoms with Crippen LogP contribution in [-0.4, -0.2) is 50.4 Å². The average Bonchev–Trinajstić information content (AvgIpc) is 3.25. The predicted molar refractivity (Wildman–Crippen MR) is 123 cm³/mol. The number of rotatable bonds is 4. The first-order valence-corrected chi connectivity index (χ1v) is 11.1. The lowest BCUT2D eigenvalue weighted by atomic mass is 10.1. The summed E-state index contributed by atoms with van der Waals surface area (Å²) in [5.74, 6) is -0.206. The van der Waals surface area contributed by atoms with Gasteiger partial charge in [0.15, 0.2) is 0 Å². The van der Waals surface area contributed by atoms with Crippen LogP contribution in [0.15, 0.2) is 72.0 Å². The molecule has 32 heavy (non-hydrogen) atoms. The molecule has 160 valence electrons. The molecule has 8 nitrogen and oxygen atoms in total. The zero-order chi connectivity index (χ0) is 22.1. The number of fused-ring (bicyclic) bond motifs is 3. The van der Waals surface area contributed by atoms with Crippen molar-refractivity contribution in [3.8, 4) is 0 Å². The Morgan fingerprint density at radius 2 is 1.97 bits per heavy atom. The lowest BCUT2D eigenvalue weighted by molar-refractivity contribution is -0.119.